The molecule has 2 fully saturated rings. The van der Waals surface area contributed by atoms with Gasteiger partial charge in [0, 0.05) is 30.9 Å². The Morgan fingerprint density at radius 3 is 2.74 bits per heavy atom. The molecule has 1 atom stereocenters. The number of rotatable bonds is 4. The van der Waals surface area contributed by atoms with E-state index in [4.69, 9.17) is 4.74 Å². The first kappa shape index (κ1) is 16.6. The molecular weight excluding hydrogens is 342 g/mol. The van der Waals surface area contributed by atoms with Crippen LogP contribution in [0.2, 0.25) is 0 Å². The summed E-state index contributed by atoms with van der Waals surface area (Å²) in [6.07, 6.45) is 3.13. The zero-order valence-electron chi connectivity index (χ0n) is 13.0. The van der Waals surface area contributed by atoms with Gasteiger partial charge in [-0.3, -0.25) is 0 Å². The zero-order chi connectivity index (χ0) is 16.9. The van der Waals surface area contributed by atoms with Crippen molar-refractivity contribution in [2.24, 2.45) is 5.92 Å². The first-order chi connectivity index (χ1) is 10.6. The van der Waals surface area contributed by atoms with Crippen molar-refractivity contribution in [3.63, 3.8) is 0 Å². The molecule has 2 aliphatic rings. The number of nitrogens with zero attached hydrogens (tertiary/aromatic N) is 3. The third-order valence-electron chi connectivity index (χ3n) is 4.64. The lowest BCUT2D eigenvalue weighted by atomic mass is 9.85. The lowest BCUT2D eigenvalue weighted by Gasteiger charge is -2.48. The second kappa shape index (κ2) is 5.38. The zero-order valence-corrected chi connectivity index (χ0v) is 14.6. The van der Waals surface area contributed by atoms with Crippen LogP contribution in [0.3, 0.4) is 0 Å². The number of sulfone groups is 1. The van der Waals surface area contributed by atoms with E-state index in [1.54, 1.807) is 12.3 Å². The van der Waals surface area contributed by atoms with Gasteiger partial charge < -0.3 is 4.74 Å². The standard InChI is InChI=1S/C13H19N3O5S2/c1-10-3-5-14-12(15-10)21-7-11-4-6-23(19,20)13(11)8-16(9-13)22(2,17)18/h3,5,11H,4,6-9H2,1-2H3/t11-/m0/s1. The summed E-state index contributed by atoms with van der Waals surface area (Å²) >= 11 is 0. The molecule has 3 rings (SSSR count). The van der Waals surface area contributed by atoms with Gasteiger partial charge in [0.1, 0.15) is 4.75 Å². The molecule has 10 heteroatoms. The van der Waals surface area contributed by atoms with Gasteiger partial charge in [-0.05, 0) is 19.4 Å². The van der Waals surface area contributed by atoms with Crippen LogP contribution < -0.4 is 4.74 Å². The van der Waals surface area contributed by atoms with Crippen LogP contribution in [0.5, 0.6) is 6.01 Å². The minimum atomic E-state index is -3.37. The molecule has 0 saturated carbocycles. The van der Waals surface area contributed by atoms with E-state index in [-0.39, 0.29) is 37.4 Å². The molecule has 3 heterocycles. The highest BCUT2D eigenvalue weighted by Crippen LogP contribution is 2.45. The van der Waals surface area contributed by atoms with E-state index in [1.807, 2.05) is 6.92 Å². The smallest absolute Gasteiger partial charge is 0.316 e. The van der Waals surface area contributed by atoms with E-state index in [2.05, 4.69) is 9.97 Å². The molecule has 2 saturated heterocycles. The Balaban J connectivity index is 1.75. The minimum absolute atomic E-state index is 0.0108. The molecule has 0 amide bonds. The predicted molar refractivity (Wildman–Crippen MR) is 83.3 cm³/mol. The predicted octanol–water partition coefficient (Wildman–Crippen LogP) is -0.387. The largest absolute Gasteiger partial charge is 0.463 e. The number of aryl methyl sites for hydroxylation is 1. The molecular formula is C13H19N3O5S2. The van der Waals surface area contributed by atoms with Crippen LogP contribution in [-0.4, -0.2) is 67.6 Å². The molecule has 0 radical (unpaired) electrons. The monoisotopic (exact) mass is 361 g/mol. The molecule has 0 N–H and O–H groups in total. The molecule has 1 spiro atoms. The highest BCUT2D eigenvalue weighted by Gasteiger charge is 2.63. The summed E-state index contributed by atoms with van der Waals surface area (Å²) in [7, 11) is -6.70. The maximum atomic E-state index is 12.4. The fourth-order valence-electron chi connectivity index (χ4n) is 3.16. The second-order valence-corrected chi connectivity index (χ2v) is 10.6. The van der Waals surface area contributed by atoms with E-state index in [0.717, 1.165) is 11.9 Å². The summed E-state index contributed by atoms with van der Waals surface area (Å²) in [6, 6.07) is 1.95. The van der Waals surface area contributed by atoms with E-state index < -0.39 is 24.6 Å². The Hall–Kier alpha value is -1.26. The SMILES string of the molecule is Cc1ccnc(OC[C@@H]2CCS(=O)(=O)C23CN(S(C)(=O)=O)C3)n1. The van der Waals surface area contributed by atoms with Crippen molar-refractivity contribution in [1.82, 2.24) is 14.3 Å². The molecule has 23 heavy (non-hydrogen) atoms. The number of aromatic nitrogens is 2. The van der Waals surface area contributed by atoms with Crippen LogP contribution in [0.4, 0.5) is 0 Å². The lowest BCUT2D eigenvalue weighted by Crippen LogP contribution is -2.68. The number of sulfonamides is 1. The second-order valence-electron chi connectivity index (χ2n) is 6.19. The summed E-state index contributed by atoms with van der Waals surface area (Å²) in [5.41, 5.74) is 0.760. The van der Waals surface area contributed by atoms with Crippen molar-refractivity contribution in [3.05, 3.63) is 18.0 Å². The van der Waals surface area contributed by atoms with Crippen molar-refractivity contribution in [2.75, 3.05) is 31.7 Å². The number of hydrogen-bond acceptors (Lipinski definition) is 7. The maximum absolute atomic E-state index is 12.4. The van der Waals surface area contributed by atoms with Crippen molar-refractivity contribution in [2.45, 2.75) is 18.1 Å². The minimum Gasteiger partial charge on any atom is -0.463 e. The number of ether oxygens (including phenoxy) is 1. The summed E-state index contributed by atoms with van der Waals surface area (Å²) < 4.78 is 53.7. The van der Waals surface area contributed by atoms with Crippen LogP contribution in [-0.2, 0) is 19.9 Å². The van der Waals surface area contributed by atoms with Crippen LogP contribution in [0.15, 0.2) is 12.3 Å². The van der Waals surface area contributed by atoms with Crippen LogP contribution >= 0.6 is 0 Å². The third kappa shape index (κ3) is 2.83. The van der Waals surface area contributed by atoms with Gasteiger partial charge in [-0.1, -0.05) is 0 Å². The summed E-state index contributed by atoms with van der Waals surface area (Å²) in [5.74, 6) is -0.192. The van der Waals surface area contributed by atoms with Gasteiger partial charge in [0.2, 0.25) is 10.0 Å². The van der Waals surface area contributed by atoms with Crippen LogP contribution in [0.1, 0.15) is 12.1 Å². The topological polar surface area (TPSA) is 107 Å². The Kier molecular flexibility index (Phi) is 3.88. The molecule has 0 bridgehead atoms. The van der Waals surface area contributed by atoms with Gasteiger partial charge >= 0.3 is 6.01 Å². The van der Waals surface area contributed by atoms with E-state index in [9.17, 15) is 16.8 Å². The van der Waals surface area contributed by atoms with Crippen molar-refractivity contribution >= 4 is 19.9 Å². The van der Waals surface area contributed by atoms with Crippen molar-refractivity contribution in [3.8, 4) is 6.01 Å². The van der Waals surface area contributed by atoms with Gasteiger partial charge in [-0.2, -0.15) is 4.31 Å². The molecule has 1 aromatic rings. The lowest BCUT2D eigenvalue weighted by molar-refractivity contribution is 0.121. The highest BCUT2D eigenvalue weighted by molar-refractivity contribution is 7.93. The highest BCUT2D eigenvalue weighted by atomic mass is 32.2. The third-order valence-corrected chi connectivity index (χ3v) is 8.44. The van der Waals surface area contributed by atoms with Gasteiger partial charge in [-0.15, -0.1) is 0 Å². The van der Waals surface area contributed by atoms with Crippen molar-refractivity contribution in [1.29, 1.82) is 0 Å². The van der Waals surface area contributed by atoms with Crippen molar-refractivity contribution < 1.29 is 21.6 Å². The molecule has 0 aliphatic carbocycles. The Morgan fingerprint density at radius 2 is 2.13 bits per heavy atom. The Morgan fingerprint density at radius 1 is 1.43 bits per heavy atom. The Bertz CT molecular complexity index is 816. The van der Waals surface area contributed by atoms with Gasteiger partial charge in [0.15, 0.2) is 9.84 Å². The van der Waals surface area contributed by atoms with Gasteiger partial charge in [0.05, 0.1) is 18.6 Å². The van der Waals surface area contributed by atoms with E-state index in [1.165, 1.54) is 4.31 Å². The average molecular weight is 361 g/mol. The molecule has 128 valence electrons. The van der Waals surface area contributed by atoms with Gasteiger partial charge in [-0.25, -0.2) is 26.8 Å². The average Bonchev–Trinajstić information content (AvgIpc) is 2.64. The summed E-state index contributed by atoms with van der Waals surface area (Å²) in [6.45, 7) is 2.00. The molecule has 2 aliphatic heterocycles. The molecule has 1 aromatic heterocycles. The fourth-order valence-corrected chi connectivity index (χ4v) is 6.66. The first-order valence-electron chi connectivity index (χ1n) is 7.24. The van der Waals surface area contributed by atoms with Crippen LogP contribution in [0, 0.1) is 12.8 Å². The Labute approximate surface area is 135 Å². The van der Waals surface area contributed by atoms with Gasteiger partial charge in [0.25, 0.3) is 0 Å². The fraction of sp³-hybridized carbons (Fsp3) is 0.692. The molecule has 8 nitrogen and oxygen atoms in total. The summed E-state index contributed by atoms with van der Waals surface area (Å²) in [5, 5.41) is 0. The van der Waals surface area contributed by atoms with E-state index in [0.29, 0.717) is 6.42 Å². The first-order valence-corrected chi connectivity index (χ1v) is 10.7. The normalized spacial score (nSPS) is 26.1. The molecule has 0 unspecified atom stereocenters. The maximum Gasteiger partial charge on any atom is 0.316 e. The molecule has 0 aromatic carbocycles. The number of hydrogen-bond donors (Lipinski definition) is 0. The quantitative estimate of drug-likeness (QED) is 0.719. The summed E-state index contributed by atoms with van der Waals surface area (Å²) in [4.78, 5) is 8.12. The van der Waals surface area contributed by atoms with Crippen LogP contribution in [0.25, 0.3) is 0 Å². The van der Waals surface area contributed by atoms with E-state index >= 15 is 0 Å².